The molecule has 2 aliphatic heterocycles. The van der Waals surface area contributed by atoms with Gasteiger partial charge in [-0.05, 0) is 57.2 Å². The van der Waals surface area contributed by atoms with Crippen molar-refractivity contribution in [2.75, 3.05) is 37.7 Å². The van der Waals surface area contributed by atoms with E-state index in [9.17, 15) is 13.2 Å². The van der Waals surface area contributed by atoms with Crippen molar-refractivity contribution in [1.82, 2.24) is 9.21 Å². The third-order valence-corrected chi connectivity index (χ3v) is 8.05. The third kappa shape index (κ3) is 4.45. The molecule has 25 heavy (non-hydrogen) atoms. The highest BCUT2D eigenvalue weighted by atomic mass is 32.2. The molecule has 0 aromatic heterocycles. The van der Waals surface area contributed by atoms with E-state index in [1.807, 2.05) is 11.8 Å². The molecule has 3 rings (SSSR count). The molecule has 1 atom stereocenters. The highest BCUT2D eigenvalue weighted by molar-refractivity contribution is 7.99. The molecule has 1 aromatic rings. The average Bonchev–Trinajstić information content (AvgIpc) is 2.99. The van der Waals surface area contributed by atoms with Gasteiger partial charge in [0.15, 0.2) is 5.78 Å². The van der Waals surface area contributed by atoms with Gasteiger partial charge in [-0.2, -0.15) is 16.1 Å². The van der Waals surface area contributed by atoms with Crippen LogP contribution in [0, 0.1) is 0 Å². The van der Waals surface area contributed by atoms with Gasteiger partial charge in [0.1, 0.15) is 0 Å². The number of nitrogens with zero attached hydrogens (tertiary/aromatic N) is 2. The fraction of sp³-hybridized carbons (Fsp3) is 0.611. The van der Waals surface area contributed by atoms with E-state index in [1.54, 1.807) is 22.5 Å². The van der Waals surface area contributed by atoms with Crippen LogP contribution in [0.4, 0.5) is 0 Å². The molecular formula is C18H26N2O3S2. The normalized spacial score (nSPS) is 23.5. The molecule has 1 unspecified atom stereocenters. The van der Waals surface area contributed by atoms with E-state index in [2.05, 4.69) is 4.90 Å². The van der Waals surface area contributed by atoms with Crippen molar-refractivity contribution in [2.24, 2.45) is 0 Å². The average molecular weight is 383 g/mol. The molecule has 1 aromatic carbocycles. The van der Waals surface area contributed by atoms with Gasteiger partial charge >= 0.3 is 0 Å². The summed E-state index contributed by atoms with van der Waals surface area (Å²) in [4.78, 5) is 14.2. The maximum atomic E-state index is 13.3. The molecule has 0 spiro atoms. The van der Waals surface area contributed by atoms with Gasteiger partial charge in [-0.1, -0.05) is 12.1 Å². The number of hydrogen-bond acceptors (Lipinski definition) is 5. The van der Waals surface area contributed by atoms with Gasteiger partial charge < -0.3 is 4.90 Å². The minimum absolute atomic E-state index is 0.00316. The summed E-state index contributed by atoms with van der Waals surface area (Å²) in [5.41, 5.74) is 0.446. The van der Waals surface area contributed by atoms with E-state index in [4.69, 9.17) is 0 Å². The maximum Gasteiger partial charge on any atom is 0.243 e. The third-order valence-electron chi connectivity index (χ3n) is 4.90. The Hall–Kier alpha value is -0.890. The van der Waals surface area contributed by atoms with Crippen LogP contribution >= 0.6 is 11.8 Å². The van der Waals surface area contributed by atoms with Crippen LogP contribution < -0.4 is 0 Å². The summed E-state index contributed by atoms with van der Waals surface area (Å²) < 4.78 is 28.3. The highest BCUT2D eigenvalue weighted by Gasteiger charge is 2.34. The quantitative estimate of drug-likeness (QED) is 0.732. The molecular weight excluding hydrogens is 356 g/mol. The Morgan fingerprint density at radius 1 is 1.20 bits per heavy atom. The van der Waals surface area contributed by atoms with Crippen molar-refractivity contribution in [3.63, 3.8) is 0 Å². The zero-order valence-corrected chi connectivity index (χ0v) is 16.3. The first-order valence-electron chi connectivity index (χ1n) is 8.91. The summed E-state index contributed by atoms with van der Waals surface area (Å²) in [5.74, 6) is 1.72. The van der Waals surface area contributed by atoms with E-state index in [0.29, 0.717) is 12.1 Å². The topological polar surface area (TPSA) is 57.7 Å². The highest BCUT2D eigenvalue weighted by Crippen LogP contribution is 2.26. The summed E-state index contributed by atoms with van der Waals surface area (Å²) in [5, 5.41) is 0. The van der Waals surface area contributed by atoms with Crippen molar-refractivity contribution < 1.29 is 13.2 Å². The van der Waals surface area contributed by atoms with Crippen molar-refractivity contribution in [3.8, 4) is 0 Å². The number of carbonyl (C=O) groups excluding carboxylic acids is 1. The molecule has 5 nitrogen and oxygen atoms in total. The van der Waals surface area contributed by atoms with Crippen LogP contribution in [0.1, 0.15) is 36.5 Å². The molecule has 2 heterocycles. The lowest BCUT2D eigenvalue weighted by Crippen LogP contribution is -2.47. The standard InChI is InChI=1S/C18H26N2O3S2/c1-15(21)16-6-4-7-18(12-16)25(22,23)20-10-5-11-24-14-17(20)13-19-8-2-3-9-19/h4,6-7,12,17H,2-3,5,8-11,13-14H2,1H3. The second-order valence-electron chi connectivity index (χ2n) is 6.79. The molecule has 2 saturated heterocycles. The first-order chi connectivity index (χ1) is 12.0. The van der Waals surface area contributed by atoms with Crippen LogP contribution in [0.2, 0.25) is 0 Å². The second kappa shape index (κ2) is 8.20. The molecule has 0 radical (unpaired) electrons. The fourth-order valence-corrected chi connectivity index (χ4v) is 6.39. The summed E-state index contributed by atoms with van der Waals surface area (Å²) in [6, 6.07) is 6.44. The SMILES string of the molecule is CC(=O)c1cccc(S(=O)(=O)N2CCCSCC2CN2CCCC2)c1. The van der Waals surface area contributed by atoms with Crippen LogP contribution in [0.15, 0.2) is 29.2 Å². The Labute approximate surface area is 154 Å². The Morgan fingerprint density at radius 3 is 2.68 bits per heavy atom. The zero-order valence-electron chi connectivity index (χ0n) is 14.7. The lowest BCUT2D eigenvalue weighted by atomic mass is 10.2. The molecule has 0 N–H and O–H groups in total. The number of ketones is 1. The minimum atomic E-state index is -3.59. The van der Waals surface area contributed by atoms with Crippen molar-refractivity contribution >= 4 is 27.6 Å². The second-order valence-corrected chi connectivity index (χ2v) is 9.83. The molecule has 2 fully saturated rings. The van der Waals surface area contributed by atoms with Gasteiger partial charge in [-0.3, -0.25) is 4.79 Å². The van der Waals surface area contributed by atoms with Gasteiger partial charge in [0, 0.05) is 30.4 Å². The van der Waals surface area contributed by atoms with E-state index in [-0.39, 0.29) is 16.7 Å². The fourth-order valence-electron chi connectivity index (χ4n) is 3.54. The first kappa shape index (κ1) is 18.9. The summed E-state index contributed by atoms with van der Waals surface area (Å²) in [7, 11) is -3.59. The van der Waals surface area contributed by atoms with Crippen LogP contribution in [-0.2, 0) is 10.0 Å². The van der Waals surface area contributed by atoms with Gasteiger partial charge in [0.2, 0.25) is 10.0 Å². The number of sulfonamides is 1. The molecule has 2 aliphatic rings. The van der Waals surface area contributed by atoms with Gasteiger partial charge in [0.25, 0.3) is 0 Å². The predicted octanol–water partition coefficient (Wildman–Crippen LogP) is 2.48. The smallest absolute Gasteiger partial charge is 0.243 e. The maximum absolute atomic E-state index is 13.3. The minimum Gasteiger partial charge on any atom is -0.302 e. The summed E-state index contributed by atoms with van der Waals surface area (Å²) in [6.45, 7) is 4.95. The largest absolute Gasteiger partial charge is 0.302 e. The van der Waals surface area contributed by atoms with Crippen LogP contribution in [0.3, 0.4) is 0 Å². The van der Waals surface area contributed by atoms with Crippen LogP contribution in [-0.4, -0.2) is 67.1 Å². The van der Waals surface area contributed by atoms with E-state index in [0.717, 1.165) is 37.6 Å². The summed E-state index contributed by atoms with van der Waals surface area (Å²) >= 11 is 1.84. The lowest BCUT2D eigenvalue weighted by Gasteiger charge is -2.31. The van der Waals surface area contributed by atoms with Crippen LogP contribution in [0.5, 0.6) is 0 Å². The first-order valence-corrected chi connectivity index (χ1v) is 11.5. The zero-order chi connectivity index (χ0) is 17.9. The van der Waals surface area contributed by atoms with Gasteiger partial charge in [0.05, 0.1) is 4.90 Å². The lowest BCUT2D eigenvalue weighted by molar-refractivity contribution is 0.101. The number of benzene rings is 1. The van der Waals surface area contributed by atoms with Gasteiger partial charge in [-0.25, -0.2) is 8.42 Å². The number of carbonyl (C=O) groups is 1. The number of Topliss-reactive ketones (excluding diaryl/α,β-unsaturated/α-hetero) is 1. The number of hydrogen-bond donors (Lipinski definition) is 0. The number of likely N-dealkylation sites (tertiary alicyclic amines) is 1. The van der Waals surface area contributed by atoms with Crippen molar-refractivity contribution in [3.05, 3.63) is 29.8 Å². The van der Waals surface area contributed by atoms with E-state index < -0.39 is 10.0 Å². The Balaban J connectivity index is 1.88. The Morgan fingerprint density at radius 2 is 1.96 bits per heavy atom. The predicted molar refractivity (Wildman–Crippen MR) is 102 cm³/mol. The Bertz CT molecular complexity index is 715. The number of thioether (sulfide) groups is 1. The molecule has 7 heteroatoms. The Kier molecular flexibility index (Phi) is 6.20. The van der Waals surface area contributed by atoms with E-state index >= 15 is 0 Å². The van der Waals surface area contributed by atoms with Crippen molar-refractivity contribution in [2.45, 2.75) is 37.1 Å². The van der Waals surface area contributed by atoms with E-state index in [1.165, 1.54) is 25.8 Å². The molecule has 138 valence electrons. The van der Waals surface area contributed by atoms with Crippen LogP contribution in [0.25, 0.3) is 0 Å². The monoisotopic (exact) mass is 382 g/mol. The van der Waals surface area contributed by atoms with Crippen molar-refractivity contribution in [1.29, 1.82) is 0 Å². The molecule has 0 saturated carbocycles. The molecule has 0 bridgehead atoms. The van der Waals surface area contributed by atoms with Gasteiger partial charge in [-0.15, -0.1) is 0 Å². The number of rotatable bonds is 5. The molecule has 0 amide bonds. The molecule has 0 aliphatic carbocycles. The summed E-state index contributed by atoms with van der Waals surface area (Å²) in [6.07, 6.45) is 3.27.